The van der Waals surface area contributed by atoms with Gasteiger partial charge in [0.2, 0.25) is 6.41 Å². The molecule has 4 rings (SSSR count). The van der Waals surface area contributed by atoms with Crippen molar-refractivity contribution in [1.82, 2.24) is 9.80 Å². The number of likely N-dealkylation sites (tertiary alicyclic amines) is 1. The number of amidine groups is 1. The maximum Gasteiger partial charge on any atom is 0.270 e. The maximum atomic E-state index is 13.5. The number of aliphatic imine (C=N–C) groups is 1. The van der Waals surface area contributed by atoms with Crippen molar-refractivity contribution in [1.29, 1.82) is 0 Å². The predicted molar refractivity (Wildman–Crippen MR) is 109 cm³/mol. The standard InChI is InChI=1S/C23H24FN3O2/c24-21-5-3-4-18-10-13-26(16-20(18)6-8-21)12-1-2-15-29-22-9-7-19-11-14-27(17-28)23(19)25-22/h6,8,17,21H,1-2,4,10-16H2/b8-6-. The molecule has 6 heteroatoms. The Balaban J connectivity index is 1.21. The Morgan fingerprint density at radius 2 is 2.21 bits per heavy atom. The van der Waals surface area contributed by atoms with E-state index in [1.807, 2.05) is 6.08 Å². The number of allylic oxidation sites excluding steroid dienone is 1. The number of hydrogen-bond donors (Lipinski definition) is 0. The molecular formula is C23H24FN3O2. The fourth-order valence-corrected chi connectivity index (χ4v) is 3.86. The molecule has 0 spiro atoms. The van der Waals surface area contributed by atoms with Gasteiger partial charge in [-0.2, -0.15) is 4.99 Å². The monoisotopic (exact) mass is 393 g/mol. The molecule has 1 aliphatic carbocycles. The molecule has 0 N–H and O–H groups in total. The van der Waals surface area contributed by atoms with E-state index < -0.39 is 6.17 Å². The molecule has 3 aliphatic heterocycles. The topological polar surface area (TPSA) is 45.1 Å². The molecular weight excluding hydrogens is 369 g/mol. The van der Waals surface area contributed by atoms with E-state index in [2.05, 4.69) is 33.2 Å². The van der Waals surface area contributed by atoms with E-state index in [1.54, 1.807) is 11.0 Å². The molecule has 1 unspecified atom stereocenters. The normalized spacial score (nSPS) is 24.2. The zero-order valence-corrected chi connectivity index (χ0v) is 16.4. The first-order chi connectivity index (χ1) is 14.2. The number of fused-ring (bicyclic) bond motifs is 1. The summed E-state index contributed by atoms with van der Waals surface area (Å²) < 4.78 is 19.2. The minimum atomic E-state index is -1.16. The Bertz CT molecular complexity index is 937. The molecule has 4 aliphatic rings. The fraction of sp³-hybridized carbons (Fsp3) is 0.478. The molecule has 150 valence electrons. The SMILES string of the molecule is O=CN1CCC2=C=C=C(OCCCCN3CCC4=C(/C=C\C(F)C#CC4)C3)N=C21. The largest absolute Gasteiger partial charge is 0.471 e. The van der Waals surface area contributed by atoms with Crippen LogP contribution in [0, 0.1) is 11.8 Å². The minimum Gasteiger partial charge on any atom is -0.471 e. The summed E-state index contributed by atoms with van der Waals surface area (Å²) in [5, 5.41) is 0. The lowest BCUT2D eigenvalue weighted by Crippen LogP contribution is -2.32. The van der Waals surface area contributed by atoms with Crippen LogP contribution in [0.1, 0.15) is 32.1 Å². The number of ether oxygens (including phenoxy) is 1. The van der Waals surface area contributed by atoms with Crippen LogP contribution in [-0.4, -0.2) is 61.0 Å². The van der Waals surface area contributed by atoms with Crippen molar-refractivity contribution in [2.24, 2.45) is 4.99 Å². The molecule has 29 heavy (non-hydrogen) atoms. The summed E-state index contributed by atoms with van der Waals surface area (Å²) in [7, 11) is 0. The molecule has 1 amide bonds. The third kappa shape index (κ3) is 4.78. The van der Waals surface area contributed by atoms with Crippen molar-refractivity contribution >= 4 is 12.2 Å². The quantitative estimate of drug-likeness (QED) is 0.289. The molecule has 0 aromatic heterocycles. The molecule has 3 heterocycles. The maximum absolute atomic E-state index is 13.5. The van der Waals surface area contributed by atoms with E-state index in [1.165, 1.54) is 11.1 Å². The summed E-state index contributed by atoms with van der Waals surface area (Å²) in [5.41, 5.74) is 9.46. The molecule has 1 saturated heterocycles. The van der Waals surface area contributed by atoms with E-state index in [4.69, 9.17) is 4.74 Å². The number of unbranched alkanes of at least 4 members (excludes halogenated alkanes) is 1. The Morgan fingerprint density at radius 1 is 1.28 bits per heavy atom. The van der Waals surface area contributed by atoms with Crippen LogP contribution in [0.2, 0.25) is 0 Å². The lowest BCUT2D eigenvalue weighted by molar-refractivity contribution is -0.114. The highest BCUT2D eigenvalue weighted by atomic mass is 19.1. The molecule has 1 fully saturated rings. The summed E-state index contributed by atoms with van der Waals surface area (Å²) in [6.07, 6.45) is 7.47. The highest BCUT2D eigenvalue weighted by molar-refractivity contribution is 6.06. The van der Waals surface area contributed by atoms with Gasteiger partial charge in [-0.15, -0.1) is 0 Å². The number of carbonyl (C=O) groups excluding carboxylic acids is 1. The van der Waals surface area contributed by atoms with Gasteiger partial charge >= 0.3 is 0 Å². The highest BCUT2D eigenvalue weighted by Crippen LogP contribution is 2.24. The average Bonchev–Trinajstić information content (AvgIpc) is 3.14. The third-order valence-corrected chi connectivity index (χ3v) is 5.49. The van der Waals surface area contributed by atoms with Gasteiger partial charge in [0, 0.05) is 38.0 Å². The second-order valence-corrected chi connectivity index (χ2v) is 7.49. The van der Waals surface area contributed by atoms with Gasteiger partial charge in [-0.05, 0) is 43.2 Å². The number of amides is 1. The summed E-state index contributed by atoms with van der Waals surface area (Å²) in [5.74, 6) is 6.59. The van der Waals surface area contributed by atoms with E-state index >= 15 is 0 Å². The van der Waals surface area contributed by atoms with Gasteiger partial charge in [0.05, 0.1) is 6.61 Å². The van der Waals surface area contributed by atoms with Gasteiger partial charge in [0.25, 0.3) is 5.88 Å². The lowest BCUT2D eigenvalue weighted by Gasteiger charge is -2.29. The minimum absolute atomic E-state index is 0.395. The van der Waals surface area contributed by atoms with Gasteiger partial charge < -0.3 is 4.74 Å². The van der Waals surface area contributed by atoms with E-state index in [9.17, 15) is 9.18 Å². The van der Waals surface area contributed by atoms with Crippen LogP contribution in [0.3, 0.4) is 0 Å². The first-order valence-electron chi connectivity index (χ1n) is 10.2. The van der Waals surface area contributed by atoms with Crippen molar-refractivity contribution in [3.05, 3.63) is 46.2 Å². The van der Waals surface area contributed by atoms with Crippen LogP contribution in [0.5, 0.6) is 0 Å². The first kappa shape index (κ1) is 19.5. The van der Waals surface area contributed by atoms with Crippen LogP contribution in [0.25, 0.3) is 0 Å². The molecule has 0 saturated carbocycles. The first-order valence-corrected chi connectivity index (χ1v) is 10.2. The molecule has 1 atom stereocenters. The van der Waals surface area contributed by atoms with Crippen molar-refractivity contribution < 1.29 is 13.9 Å². The van der Waals surface area contributed by atoms with Crippen LogP contribution in [0.15, 0.2) is 51.2 Å². The summed E-state index contributed by atoms with van der Waals surface area (Å²) in [6, 6.07) is 0. The van der Waals surface area contributed by atoms with Gasteiger partial charge in [-0.3, -0.25) is 14.6 Å². The summed E-state index contributed by atoms with van der Waals surface area (Å²) in [4.78, 5) is 19.4. The molecule has 5 nitrogen and oxygen atoms in total. The third-order valence-electron chi connectivity index (χ3n) is 5.49. The van der Waals surface area contributed by atoms with Crippen molar-refractivity contribution in [3.63, 3.8) is 0 Å². The molecule has 0 radical (unpaired) electrons. The number of alkyl halides is 1. The average molecular weight is 393 g/mol. The van der Waals surface area contributed by atoms with E-state index in [0.29, 0.717) is 31.3 Å². The van der Waals surface area contributed by atoms with E-state index in [-0.39, 0.29) is 0 Å². The van der Waals surface area contributed by atoms with Crippen molar-refractivity contribution in [3.8, 4) is 11.8 Å². The van der Waals surface area contributed by atoms with Crippen molar-refractivity contribution in [2.45, 2.75) is 38.3 Å². The zero-order valence-electron chi connectivity index (χ0n) is 16.4. The zero-order chi connectivity index (χ0) is 20.1. The Hall–Kier alpha value is -2.83. The number of rotatable bonds is 7. The van der Waals surface area contributed by atoms with Crippen LogP contribution in [-0.2, 0) is 9.53 Å². The van der Waals surface area contributed by atoms with E-state index in [0.717, 1.165) is 57.3 Å². The van der Waals surface area contributed by atoms with Gasteiger partial charge in [0.15, 0.2) is 12.0 Å². The smallest absolute Gasteiger partial charge is 0.270 e. The van der Waals surface area contributed by atoms with Crippen molar-refractivity contribution in [2.75, 3.05) is 32.8 Å². The molecule has 0 bridgehead atoms. The molecule has 0 aromatic rings. The number of halogens is 1. The number of nitrogens with zero attached hydrogens (tertiary/aromatic N) is 3. The van der Waals surface area contributed by atoms with Crippen LogP contribution >= 0.6 is 0 Å². The number of carbonyl (C=O) groups is 1. The molecule has 0 aromatic carbocycles. The fourth-order valence-electron chi connectivity index (χ4n) is 3.86. The second kappa shape index (κ2) is 9.11. The van der Waals surface area contributed by atoms with Crippen LogP contribution in [0.4, 0.5) is 4.39 Å². The highest BCUT2D eigenvalue weighted by Gasteiger charge is 2.25. The number of hydrogen-bond acceptors (Lipinski definition) is 4. The predicted octanol–water partition coefficient (Wildman–Crippen LogP) is 2.88. The summed E-state index contributed by atoms with van der Waals surface area (Å²) in [6.45, 7) is 4.05. The van der Waals surface area contributed by atoms with Gasteiger partial charge in [-0.1, -0.05) is 29.2 Å². The lowest BCUT2D eigenvalue weighted by atomic mass is 9.95. The van der Waals surface area contributed by atoms with Gasteiger partial charge in [-0.25, -0.2) is 4.39 Å². The van der Waals surface area contributed by atoms with Crippen LogP contribution < -0.4 is 0 Å². The van der Waals surface area contributed by atoms with Gasteiger partial charge in [0.1, 0.15) is 0 Å². The summed E-state index contributed by atoms with van der Waals surface area (Å²) >= 11 is 0. The Kier molecular flexibility index (Phi) is 6.12. The Labute approximate surface area is 170 Å². The second-order valence-electron chi connectivity index (χ2n) is 7.49. The Morgan fingerprint density at radius 3 is 3.10 bits per heavy atom.